The van der Waals surface area contributed by atoms with E-state index in [-0.39, 0.29) is 23.5 Å². The van der Waals surface area contributed by atoms with Crippen molar-refractivity contribution in [1.82, 2.24) is 4.90 Å². The first kappa shape index (κ1) is 19.2. The number of sulfone groups is 1. The molecule has 2 heterocycles. The third-order valence-corrected chi connectivity index (χ3v) is 7.26. The first-order valence-corrected chi connectivity index (χ1v) is 11.2. The minimum absolute atomic E-state index is 0.0242. The van der Waals surface area contributed by atoms with Crippen molar-refractivity contribution in [2.24, 2.45) is 0 Å². The second kappa shape index (κ2) is 7.58. The lowest BCUT2D eigenvalue weighted by Crippen LogP contribution is -2.39. The zero-order chi connectivity index (χ0) is 18.9. The van der Waals surface area contributed by atoms with Crippen LogP contribution < -0.4 is 9.47 Å². The first-order valence-electron chi connectivity index (χ1n) is 8.13. The molecular weight excluding hydrogens is 394 g/mol. The number of carbonyl (C=O) groups excluding carboxylic acids is 1. The van der Waals surface area contributed by atoms with Gasteiger partial charge in [0.15, 0.2) is 21.3 Å². The number of rotatable bonds is 5. The highest BCUT2D eigenvalue weighted by atomic mass is 32.2. The third kappa shape index (κ3) is 3.89. The van der Waals surface area contributed by atoms with Gasteiger partial charge in [-0.05, 0) is 37.1 Å². The Hall–Kier alpha value is -1.58. The first-order chi connectivity index (χ1) is 12.3. The molecule has 1 aromatic rings. The SMILES string of the molecule is CCOc1ccc(/C=C2/SC(=S)N(C3CCS(=O)(=O)C3)C2=O)cc1OC. The summed E-state index contributed by atoms with van der Waals surface area (Å²) >= 11 is 6.51. The van der Waals surface area contributed by atoms with Crippen LogP contribution in [0.5, 0.6) is 11.5 Å². The van der Waals surface area contributed by atoms with Crippen LogP contribution in [0.25, 0.3) is 6.08 Å². The van der Waals surface area contributed by atoms with Crippen LogP contribution in [0.15, 0.2) is 23.1 Å². The number of ether oxygens (including phenoxy) is 2. The van der Waals surface area contributed by atoms with Gasteiger partial charge in [-0.25, -0.2) is 8.42 Å². The van der Waals surface area contributed by atoms with Crippen LogP contribution in [0.2, 0.25) is 0 Å². The summed E-state index contributed by atoms with van der Waals surface area (Å²) in [7, 11) is -1.53. The molecule has 3 rings (SSSR count). The van der Waals surface area contributed by atoms with Crippen LogP contribution in [0.3, 0.4) is 0 Å². The molecule has 0 saturated carbocycles. The summed E-state index contributed by atoms with van der Waals surface area (Å²) in [5, 5.41) is 0. The number of thiocarbonyl (C=S) groups is 1. The molecule has 2 aliphatic heterocycles. The van der Waals surface area contributed by atoms with Gasteiger partial charge < -0.3 is 9.47 Å². The Kier molecular flexibility index (Phi) is 5.59. The summed E-state index contributed by atoms with van der Waals surface area (Å²) in [6.45, 7) is 2.42. The van der Waals surface area contributed by atoms with E-state index < -0.39 is 9.84 Å². The molecule has 2 fully saturated rings. The summed E-state index contributed by atoms with van der Waals surface area (Å²) in [6, 6.07) is 5.05. The molecule has 26 heavy (non-hydrogen) atoms. The van der Waals surface area contributed by atoms with Crippen LogP contribution in [0.1, 0.15) is 18.9 Å². The second-order valence-corrected chi connectivity index (χ2v) is 9.86. The number of methoxy groups -OCH3 is 1. The summed E-state index contributed by atoms with van der Waals surface area (Å²) < 4.78 is 34.6. The number of hydrogen-bond acceptors (Lipinski definition) is 7. The zero-order valence-electron chi connectivity index (χ0n) is 14.4. The number of thioether (sulfide) groups is 1. The molecule has 1 amide bonds. The van der Waals surface area contributed by atoms with Gasteiger partial charge in [0.25, 0.3) is 5.91 Å². The Morgan fingerprint density at radius 3 is 2.77 bits per heavy atom. The van der Waals surface area contributed by atoms with Crippen molar-refractivity contribution in [3.05, 3.63) is 28.7 Å². The lowest BCUT2D eigenvalue weighted by atomic mass is 10.1. The van der Waals surface area contributed by atoms with Crippen molar-refractivity contribution < 1.29 is 22.7 Å². The molecule has 6 nitrogen and oxygen atoms in total. The predicted octanol–water partition coefficient (Wildman–Crippen LogP) is 2.48. The standard InChI is InChI=1S/C17H19NO5S3/c1-3-23-13-5-4-11(8-14(13)22-2)9-15-16(19)18(17(24)25-15)12-6-7-26(20,21)10-12/h4-5,8-9,12H,3,6-7,10H2,1-2H3/b15-9+. The van der Waals surface area contributed by atoms with Gasteiger partial charge in [0.05, 0.1) is 36.2 Å². The van der Waals surface area contributed by atoms with Gasteiger partial charge in [-0.1, -0.05) is 30.0 Å². The third-order valence-electron chi connectivity index (χ3n) is 4.18. The lowest BCUT2D eigenvalue weighted by Gasteiger charge is -2.20. The van der Waals surface area contributed by atoms with E-state index in [1.165, 1.54) is 16.7 Å². The van der Waals surface area contributed by atoms with Gasteiger partial charge >= 0.3 is 0 Å². The van der Waals surface area contributed by atoms with Gasteiger partial charge in [-0.15, -0.1) is 0 Å². The molecule has 9 heteroatoms. The fourth-order valence-electron chi connectivity index (χ4n) is 2.97. The molecule has 0 spiro atoms. The number of nitrogens with zero attached hydrogens (tertiary/aromatic N) is 1. The van der Waals surface area contributed by atoms with Gasteiger partial charge in [0.2, 0.25) is 0 Å². The minimum atomic E-state index is -3.09. The molecule has 0 N–H and O–H groups in total. The fourth-order valence-corrected chi connectivity index (χ4v) is 6.07. The molecule has 2 aliphatic rings. The van der Waals surface area contributed by atoms with Crippen LogP contribution >= 0.6 is 24.0 Å². The summed E-state index contributed by atoms with van der Waals surface area (Å²) in [5.41, 5.74) is 0.782. The molecular formula is C17H19NO5S3. The summed E-state index contributed by atoms with van der Waals surface area (Å²) in [4.78, 5) is 14.7. The minimum Gasteiger partial charge on any atom is -0.493 e. The Balaban J connectivity index is 1.84. The lowest BCUT2D eigenvalue weighted by molar-refractivity contribution is -0.123. The molecule has 1 atom stereocenters. The molecule has 0 aliphatic carbocycles. The summed E-state index contributed by atoms with van der Waals surface area (Å²) in [6.07, 6.45) is 2.17. The number of amides is 1. The van der Waals surface area contributed by atoms with Crippen LogP contribution in [0, 0.1) is 0 Å². The van der Waals surface area contributed by atoms with E-state index in [1.807, 2.05) is 13.0 Å². The summed E-state index contributed by atoms with van der Waals surface area (Å²) in [5.74, 6) is 1.05. The largest absolute Gasteiger partial charge is 0.493 e. The van der Waals surface area contributed by atoms with Crippen molar-refractivity contribution >= 4 is 50.1 Å². The van der Waals surface area contributed by atoms with Crippen LogP contribution in [-0.2, 0) is 14.6 Å². The maximum Gasteiger partial charge on any atom is 0.266 e. The molecule has 1 aromatic carbocycles. The second-order valence-electron chi connectivity index (χ2n) is 5.95. The van der Waals surface area contributed by atoms with Gasteiger partial charge in [-0.2, -0.15) is 0 Å². The van der Waals surface area contributed by atoms with Crippen molar-refractivity contribution in [3.8, 4) is 11.5 Å². The molecule has 0 bridgehead atoms. The monoisotopic (exact) mass is 413 g/mol. The van der Waals surface area contributed by atoms with E-state index in [4.69, 9.17) is 21.7 Å². The van der Waals surface area contributed by atoms with E-state index in [9.17, 15) is 13.2 Å². The maximum atomic E-state index is 12.7. The van der Waals surface area contributed by atoms with Crippen molar-refractivity contribution in [3.63, 3.8) is 0 Å². The van der Waals surface area contributed by atoms with Crippen molar-refractivity contribution in [1.29, 1.82) is 0 Å². The highest BCUT2D eigenvalue weighted by Crippen LogP contribution is 2.37. The predicted molar refractivity (Wildman–Crippen MR) is 106 cm³/mol. The topological polar surface area (TPSA) is 72.9 Å². The van der Waals surface area contributed by atoms with Gasteiger partial charge in [0, 0.05) is 0 Å². The Morgan fingerprint density at radius 2 is 2.15 bits per heavy atom. The van der Waals surface area contributed by atoms with Crippen molar-refractivity contribution in [2.75, 3.05) is 25.2 Å². The molecule has 1 unspecified atom stereocenters. The van der Waals surface area contributed by atoms with Gasteiger partial charge in [0.1, 0.15) is 4.32 Å². The molecule has 0 aromatic heterocycles. The number of hydrogen-bond donors (Lipinski definition) is 0. The molecule has 140 valence electrons. The quantitative estimate of drug-likeness (QED) is 0.542. The fraction of sp³-hybridized carbons (Fsp3) is 0.412. The highest BCUT2D eigenvalue weighted by molar-refractivity contribution is 8.26. The number of carbonyl (C=O) groups is 1. The van der Waals surface area contributed by atoms with E-state index in [0.717, 1.165) is 5.56 Å². The zero-order valence-corrected chi connectivity index (χ0v) is 16.9. The van der Waals surface area contributed by atoms with Crippen LogP contribution in [0.4, 0.5) is 0 Å². The molecule has 0 radical (unpaired) electrons. The van der Waals surface area contributed by atoms with Crippen molar-refractivity contribution in [2.45, 2.75) is 19.4 Å². The van der Waals surface area contributed by atoms with E-state index in [1.54, 1.807) is 25.3 Å². The number of benzene rings is 1. The Morgan fingerprint density at radius 1 is 1.38 bits per heavy atom. The smallest absolute Gasteiger partial charge is 0.266 e. The Labute approximate surface area is 162 Å². The normalized spacial score (nSPS) is 23.7. The average molecular weight is 414 g/mol. The van der Waals surface area contributed by atoms with Gasteiger partial charge in [-0.3, -0.25) is 9.69 Å². The van der Waals surface area contributed by atoms with E-state index in [2.05, 4.69) is 0 Å². The highest BCUT2D eigenvalue weighted by Gasteiger charge is 2.42. The van der Waals surface area contributed by atoms with E-state index >= 15 is 0 Å². The molecule has 2 saturated heterocycles. The van der Waals surface area contributed by atoms with Crippen LogP contribution in [-0.4, -0.2) is 54.8 Å². The van der Waals surface area contributed by atoms with E-state index in [0.29, 0.717) is 33.8 Å². The Bertz CT molecular complexity index is 878. The average Bonchev–Trinajstić information content (AvgIpc) is 3.07. The maximum absolute atomic E-state index is 12.7.